The van der Waals surface area contributed by atoms with Gasteiger partial charge in [0.25, 0.3) is 5.11 Å². The van der Waals surface area contributed by atoms with Crippen molar-refractivity contribution < 1.29 is 4.48 Å². The number of halogens is 1. The minimum Gasteiger partial charge on any atom is -0.325 e. The molecule has 0 radical (unpaired) electrons. The van der Waals surface area contributed by atoms with Crippen LogP contribution in [0.1, 0.15) is 12.8 Å². The number of hydrogen-bond acceptors (Lipinski definition) is 1. The Morgan fingerprint density at radius 1 is 1.50 bits per heavy atom. The van der Waals surface area contributed by atoms with Crippen LogP contribution >= 0.6 is 34.8 Å². The normalized spacial score (nSPS) is 32.8. The molecule has 0 unspecified atom stereocenters. The fraction of sp³-hybridized carbons (Fsp3) is 0.875. The van der Waals surface area contributed by atoms with E-state index in [0.29, 0.717) is 0 Å². The molecule has 0 bridgehead atoms. The van der Waals surface area contributed by atoms with Crippen LogP contribution in [0, 0.1) is 0 Å². The summed E-state index contributed by atoms with van der Waals surface area (Å²) < 4.78 is 2.34. The molecule has 2 saturated heterocycles. The summed E-state index contributed by atoms with van der Waals surface area (Å²) in [6.45, 7) is 3.65. The minimum absolute atomic E-state index is 0.751. The van der Waals surface area contributed by atoms with E-state index in [-0.39, 0.29) is 0 Å². The SMILES string of the molecule is S=C1NC[C@H](CI)[N+]12CCCC2. The molecular formula is C8H14IN2S+. The first-order chi connectivity index (χ1) is 5.79. The number of thiocarbonyl (C=S) groups is 1. The third kappa shape index (κ3) is 1.19. The molecule has 0 aliphatic carbocycles. The fourth-order valence-corrected chi connectivity index (χ4v) is 3.84. The van der Waals surface area contributed by atoms with Crippen molar-refractivity contribution in [3.05, 3.63) is 0 Å². The number of nitrogens with one attached hydrogen (secondary N) is 1. The molecule has 12 heavy (non-hydrogen) atoms. The highest BCUT2D eigenvalue weighted by atomic mass is 127. The third-order valence-corrected chi connectivity index (χ3v) is 4.66. The van der Waals surface area contributed by atoms with E-state index in [2.05, 4.69) is 27.9 Å². The second-order valence-electron chi connectivity index (χ2n) is 3.68. The maximum absolute atomic E-state index is 5.39. The lowest BCUT2D eigenvalue weighted by molar-refractivity contribution is -0.841. The smallest absolute Gasteiger partial charge is 0.270 e. The zero-order valence-corrected chi connectivity index (χ0v) is 10.0. The highest BCUT2D eigenvalue weighted by Crippen LogP contribution is 2.28. The predicted molar refractivity (Wildman–Crippen MR) is 62.5 cm³/mol. The Morgan fingerprint density at radius 2 is 2.17 bits per heavy atom. The first-order valence-corrected chi connectivity index (χ1v) is 6.44. The van der Waals surface area contributed by atoms with Gasteiger partial charge in [-0.2, -0.15) is 0 Å². The molecule has 2 heterocycles. The number of nitrogens with zero attached hydrogens (tertiary/aromatic N) is 1. The highest BCUT2D eigenvalue weighted by Gasteiger charge is 2.48. The zero-order chi connectivity index (χ0) is 8.60. The predicted octanol–water partition coefficient (Wildman–Crippen LogP) is 1.29. The van der Waals surface area contributed by atoms with Crippen molar-refractivity contribution in [3.8, 4) is 0 Å². The summed E-state index contributed by atoms with van der Waals surface area (Å²) in [5.41, 5.74) is 0. The van der Waals surface area contributed by atoms with Crippen molar-refractivity contribution in [1.82, 2.24) is 5.32 Å². The van der Waals surface area contributed by atoms with E-state index in [9.17, 15) is 0 Å². The Labute approximate surface area is 92.4 Å². The average Bonchev–Trinajstić information content (AvgIpc) is 2.65. The van der Waals surface area contributed by atoms with Gasteiger partial charge in [0.2, 0.25) is 0 Å². The molecule has 68 valence electrons. The molecule has 0 amide bonds. The molecule has 2 rings (SSSR count). The van der Waals surface area contributed by atoms with Crippen LogP contribution in [0.25, 0.3) is 0 Å². The van der Waals surface area contributed by atoms with Gasteiger partial charge in [-0.3, -0.25) is 4.48 Å². The Bertz CT molecular complexity index is 201. The van der Waals surface area contributed by atoms with E-state index in [1.807, 2.05) is 0 Å². The van der Waals surface area contributed by atoms with Gasteiger partial charge in [-0.15, -0.1) is 0 Å². The average molecular weight is 297 g/mol. The van der Waals surface area contributed by atoms with Crippen molar-refractivity contribution >= 4 is 39.9 Å². The lowest BCUT2D eigenvalue weighted by Gasteiger charge is -2.32. The maximum Gasteiger partial charge on any atom is 0.270 e. The Balaban J connectivity index is 2.23. The summed E-state index contributed by atoms with van der Waals surface area (Å²) in [4.78, 5) is 0. The van der Waals surface area contributed by atoms with Gasteiger partial charge in [0, 0.05) is 25.1 Å². The van der Waals surface area contributed by atoms with Gasteiger partial charge >= 0.3 is 0 Å². The topological polar surface area (TPSA) is 12.0 Å². The first-order valence-electron chi connectivity index (χ1n) is 4.51. The quantitative estimate of drug-likeness (QED) is 0.339. The van der Waals surface area contributed by atoms with Crippen LogP contribution in [0.4, 0.5) is 0 Å². The lowest BCUT2D eigenvalue weighted by Crippen LogP contribution is -2.53. The van der Waals surface area contributed by atoms with Gasteiger partial charge in [0.1, 0.15) is 6.04 Å². The number of hydrogen-bond donors (Lipinski definition) is 1. The van der Waals surface area contributed by atoms with Crippen LogP contribution < -0.4 is 5.32 Å². The zero-order valence-electron chi connectivity index (χ0n) is 7.05. The molecule has 0 saturated carbocycles. The van der Waals surface area contributed by atoms with Gasteiger partial charge in [-0.25, -0.2) is 0 Å². The summed E-state index contributed by atoms with van der Waals surface area (Å²) in [6, 6.07) is 0.751. The van der Waals surface area contributed by atoms with E-state index in [0.717, 1.165) is 22.2 Å². The summed E-state index contributed by atoms with van der Waals surface area (Å²) >= 11 is 7.88. The van der Waals surface area contributed by atoms with Crippen molar-refractivity contribution in [3.63, 3.8) is 0 Å². The number of quaternary nitrogens is 1. The lowest BCUT2D eigenvalue weighted by atomic mass is 10.3. The van der Waals surface area contributed by atoms with Crippen molar-refractivity contribution in [2.75, 3.05) is 24.1 Å². The fourth-order valence-electron chi connectivity index (χ4n) is 2.36. The summed E-state index contributed by atoms with van der Waals surface area (Å²) in [6.07, 6.45) is 2.71. The molecular weight excluding hydrogens is 283 g/mol. The molecule has 0 aromatic heterocycles. The van der Waals surface area contributed by atoms with Gasteiger partial charge in [-0.05, 0) is 0 Å². The standard InChI is InChI=1S/C8H13IN2S/c9-5-7-6-10-8(12)11(7)3-1-2-4-11/h7H,1-6H2/p+1/t7-/m0/s1. The summed E-state index contributed by atoms with van der Waals surface area (Å²) in [5.74, 6) is 0. The van der Waals surface area contributed by atoms with E-state index in [4.69, 9.17) is 12.2 Å². The Hall–Kier alpha value is 0.580. The second-order valence-corrected chi connectivity index (χ2v) is 4.95. The molecule has 4 heteroatoms. The molecule has 1 atom stereocenters. The Kier molecular flexibility index (Phi) is 2.58. The van der Waals surface area contributed by atoms with Crippen LogP contribution in [-0.2, 0) is 0 Å². The van der Waals surface area contributed by atoms with Crippen LogP contribution in [0.5, 0.6) is 0 Å². The van der Waals surface area contributed by atoms with Crippen LogP contribution in [0.15, 0.2) is 0 Å². The van der Waals surface area contributed by atoms with E-state index < -0.39 is 0 Å². The maximum atomic E-state index is 5.39. The largest absolute Gasteiger partial charge is 0.325 e. The van der Waals surface area contributed by atoms with Crippen LogP contribution in [0.3, 0.4) is 0 Å². The van der Waals surface area contributed by atoms with Crippen molar-refractivity contribution in [1.29, 1.82) is 0 Å². The molecule has 2 fully saturated rings. The van der Waals surface area contributed by atoms with Crippen molar-refractivity contribution in [2.24, 2.45) is 0 Å². The van der Waals surface area contributed by atoms with Gasteiger partial charge in [-0.1, -0.05) is 22.6 Å². The molecule has 2 nitrogen and oxygen atoms in total. The molecule has 2 aliphatic rings. The molecule has 1 N–H and O–H groups in total. The van der Waals surface area contributed by atoms with E-state index >= 15 is 0 Å². The van der Waals surface area contributed by atoms with E-state index in [1.165, 1.54) is 30.4 Å². The molecule has 0 aromatic rings. The summed E-state index contributed by atoms with van der Waals surface area (Å²) in [5, 5.41) is 4.46. The molecule has 2 aliphatic heterocycles. The van der Waals surface area contributed by atoms with Gasteiger partial charge in [0.15, 0.2) is 0 Å². The molecule has 0 aromatic carbocycles. The third-order valence-electron chi connectivity index (χ3n) is 3.13. The molecule has 1 spiro atoms. The van der Waals surface area contributed by atoms with Crippen LogP contribution in [0.2, 0.25) is 0 Å². The van der Waals surface area contributed by atoms with E-state index in [1.54, 1.807) is 0 Å². The first kappa shape index (κ1) is 9.15. The Morgan fingerprint density at radius 3 is 2.75 bits per heavy atom. The van der Waals surface area contributed by atoms with Crippen molar-refractivity contribution in [2.45, 2.75) is 18.9 Å². The summed E-state index contributed by atoms with van der Waals surface area (Å²) in [7, 11) is 0. The second kappa shape index (κ2) is 3.38. The monoisotopic (exact) mass is 297 g/mol. The van der Waals surface area contributed by atoms with Crippen LogP contribution in [-0.4, -0.2) is 39.7 Å². The van der Waals surface area contributed by atoms with Gasteiger partial charge in [0.05, 0.1) is 24.1 Å². The van der Waals surface area contributed by atoms with Gasteiger partial charge < -0.3 is 5.32 Å². The number of rotatable bonds is 1. The minimum atomic E-state index is 0.751. The highest BCUT2D eigenvalue weighted by molar-refractivity contribution is 14.1. The number of alkyl halides is 1.